The van der Waals surface area contributed by atoms with Crippen molar-refractivity contribution >= 4 is 5.97 Å². The van der Waals surface area contributed by atoms with Crippen LogP contribution in [-0.2, 0) is 9.53 Å². The lowest BCUT2D eigenvalue weighted by Gasteiger charge is -2.14. The number of hydrogen-bond acceptors (Lipinski definition) is 3. The van der Waals surface area contributed by atoms with Gasteiger partial charge in [0.25, 0.3) is 0 Å². The van der Waals surface area contributed by atoms with Crippen LogP contribution in [0.1, 0.15) is 167 Å². The minimum Gasteiger partial charge on any atom is -0.494 e. The maximum atomic E-state index is 12.3. The van der Waals surface area contributed by atoms with Crippen molar-refractivity contribution < 1.29 is 14.3 Å². The van der Waals surface area contributed by atoms with E-state index in [1.807, 2.05) is 6.92 Å². The summed E-state index contributed by atoms with van der Waals surface area (Å²) >= 11 is 0. The second-order valence-corrected chi connectivity index (χ2v) is 12.2. The molecule has 0 fully saturated rings. The van der Waals surface area contributed by atoms with Gasteiger partial charge in [0.2, 0.25) is 0 Å². The average Bonchev–Trinajstić information content (AvgIpc) is 3.01. The quantitative estimate of drug-likeness (QED) is 0.0822. The summed E-state index contributed by atoms with van der Waals surface area (Å²) in [6.45, 7) is 7.28. The molecule has 2 aromatic rings. The lowest BCUT2D eigenvalue weighted by atomic mass is 10.0. The molecule has 0 aromatic heterocycles. The second kappa shape index (κ2) is 24.2. The molecule has 3 nitrogen and oxygen atoms in total. The number of benzene rings is 2. The summed E-state index contributed by atoms with van der Waals surface area (Å²) in [5.41, 5.74) is 3.35. The van der Waals surface area contributed by atoms with E-state index in [0.717, 1.165) is 42.7 Å². The lowest BCUT2D eigenvalue weighted by Crippen LogP contribution is -2.08. The molecule has 236 valence electrons. The van der Waals surface area contributed by atoms with Crippen LogP contribution in [0, 0.1) is 0 Å². The van der Waals surface area contributed by atoms with Crippen LogP contribution < -0.4 is 4.74 Å². The van der Waals surface area contributed by atoms with Gasteiger partial charge < -0.3 is 9.47 Å². The van der Waals surface area contributed by atoms with Gasteiger partial charge in [0.15, 0.2) is 0 Å². The van der Waals surface area contributed by atoms with Crippen LogP contribution in [0.4, 0.5) is 0 Å². The molecule has 0 bridgehead atoms. The van der Waals surface area contributed by atoms with Crippen molar-refractivity contribution in [1.29, 1.82) is 0 Å². The Morgan fingerprint density at radius 2 is 0.952 bits per heavy atom. The topological polar surface area (TPSA) is 35.5 Å². The van der Waals surface area contributed by atoms with Gasteiger partial charge in [-0.15, -0.1) is 0 Å². The fraction of sp³-hybridized carbons (Fsp3) is 0.667. The van der Waals surface area contributed by atoms with Gasteiger partial charge in [-0.1, -0.05) is 166 Å². The summed E-state index contributed by atoms with van der Waals surface area (Å²) in [6, 6.07) is 16.8. The van der Waals surface area contributed by atoms with E-state index < -0.39 is 0 Å². The number of carbonyl (C=O) groups excluding carboxylic acids is 1. The van der Waals surface area contributed by atoms with E-state index in [0.29, 0.717) is 6.42 Å². The maximum absolute atomic E-state index is 12.3. The summed E-state index contributed by atoms with van der Waals surface area (Å²) < 4.78 is 11.7. The molecular formula is C39H62O3. The van der Waals surface area contributed by atoms with Gasteiger partial charge in [0.1, 0.15) is 11.9 Å². The largest absolute Gasteiger partial charge is 0.494 e. The Kier molecular flexibility index (Phi) is 20.7. The van der Waals surface area contributed by atoms with E-state index in [4.69, 9.17) is 9.47 Å². The Labute approximate surface area is 259 Å². The Hall–Kier alpha value is -2.29. The molecule has 0 N–H and O–H groups in total. The van der Waals surface area contributed by atoms with Crippen molar-refractivity contribution in [3.63, 3.8) is 0 Å². The predicted molar refractivity (Wildman–Crippen MR) is 180 cm³/mol. The van der Waals surface area contributed by atoms with Crippen molar-refractivity contribution in [3.05, 3.63) is 54.1 Å². The molecule has 0 heterocycles. The molecule has 1 unspecified atom stereocenters. The van der Waals surface area contributed by atoms with Gasteiger partial charge in [0, 0.05) is 6.42 Å². The van der Waals surface area contributed by atoms with Crippen molar-refractivity contribution in [1.82, 2.24) is 0 Å². The van der Waals surface area contributed by atoms with Gasteiger partial charge in [-0.3, -0.25) is 4.79 Å². The van der Waals surface area contributed by atoms with Gasteiger partial charge in [-0.25, -0.2) is 0 Å². The normalized spacial score (nSPS) is 11.9. The zero-order valence-corrected chi connectivity index (χ0v) is 27.5. The molecule has 0 amide bonds. The van der Waals surface area contributed by atoms with E-state index in [9.17, 15) is 4.79 Å². The molecule has 3 heteroatoms. The monoisotopic (exact) mass is 578 g/mol. The molecule has 0 radical (unpaired) electrons. The Morgan fingerprint density at radius 3 is 1.43 bits per heavy atom. The standard InChI is InChI=1S/C39H62O3/c1-4-6-8-10-12-14-15-16-17-19-21-23-33-41-38-31-29-37(30-32-38)36-27-25-35(26-28-36)34(3)42-39(40)24-22-20-18-13-11-9-7-5-2/h25-32,34H,4-24,33H2,1-3H3. The molecule has 0 spiro atoms. The minimum absolute atomic E-state index is 0.0864. The van der Waals surface area contributed by atoms with Crippen LogP contribution in [0.15, 0.2) is 48.5 Å². The highest BCUT2D eigenvalue weighted by Crippen LogP contribution is 2.26. The van der Waals surface area contributed by atoms with Crippen LogP contribution in [0.5, 0.6) is 5.75 Å². The molecule has 0 aliphatic heterocycles. The van der Waals surface area contributed by atoms with Crippen molar-refractivity contribution in [3.8, 4) is 16.9 Å². The van der Waals surface area contributed by atoms with Crippen LogP contribution in [-0.4, -0.2) is 12.6 Å². The zero-order valence-electron chi connectivity index (χ0n) is 27.5. The third-order valence-electron chi connectivity index (χ3n) is 8.38. The number of rotatable bonds is 26. The summed E-state index contributed by atoms with van der Waals surface area (Å²) in [7, 11) is 0. The summed E-state index contributed by atoms with van der Waals surface area (Å²) in [5.74, 6) is 0.854. The molecular weight excluding hydrogens is 516 g/mol. The second-order valence-electron chi connectivity index (χ2n) is 12.2. The molecule has 1 atom stereocenters. The molecule has 2 rings (SSSR count). The fourth-order valence-electron chi connectivity index (χ4n) is 5.55. The van der Waals surface area contributed by atoms with Crippen molar-refractivity contribution in [2.45, 2.75) is 162 Å². The molecule has 0 saturated heterocycles. The molecule has 0 aliphatic carbocycles. The smallest absolute Gasteiger partial charge is 0.306 e. The van der Waals surface area contributed by atoms with Crippen LogP contribution >= 0.6 is 0 Å². The first kappa shape index (κ1) is 35.9. The van der Waals surface area contributed by atoms with Crippen molar-refractivity contribution in [2.24, 2.45) is 0 Å². The summed E-state index contributed by atoms with van der Waals surface area (Å²) in [4.78, 5) is 12.3. The first-order valence-corrected chi connectivity index (χ1v) is 17.7. The Balaban J connectivity index is 1.56. The van der Waals surface area contributed by atoms with Crippen molar-refractivity contribution in [2.75, 3.05) is 6.61 Å². The van der Waals surface area contributed by atoms with E-state index in [-0.39, 0.29) is 12.1 Å². The SMILES string of the molecule is CCCCCCCCCCCCCCOc1ccc(-c2ccc(C(C)OC(=O)CCCCCCCCCC)cc2)cc1. The number of esters is 1. The number of hydrogen-bond donors (Lipinski definition) is 0. The zero-order chi connectivity index (χ0) is 30.1. The van der Waals surface area contributed by atoms with Gasteiger partial charge in [0.05, 0.1) is 6.61 Å². The first-order chi connectivity index (χ1) is 20.6. The van der Waals surface area contributed by atoms with Crippen LogP contribution in [0.2, 0.25) is 0 Å². The maximum Gasteiger partial charge on any atom is 0.306 e. The highest BCUT2D eigenvalue weighted by atomic mass is 16.5. The summed E-state index contributed by atoms with van der Waals surface area (Å²) in [5, 5.41) is 0. The summed E-state index contributed by atoms with van der Waals surface area (Å²) in [6.07, 6.45) is 26.4. The van der Waals surface area contributed by atoms with E-state index in [1.54, 1.807) is 0 Å². The van der Waals surface area contributed by atoms with E-state index in [2.05, 4.69) is 62.4 Å². The first-order valence-electron chi connectivity index (χ1n) is 17.7. The molecule has 0 aliphatic rings. The number of carbonyl (C=O) groups is 1. The molecule has 0 saturated carbocycles. The van der Waals surface area contributed by atoms with Crippen LogP contribution in [0.3, 0.4) is 0 Å². The Morgan fingerprint density at radius 1 is 0.548 bits per heavy atom. The minimum atomic E-state index is -0.225. The van der Waals surface area contributed by atoms with Gasteiger partial charge in [-0.2, -0.15) is 0 Å². The third kappa shape index (κ3) is 17.0. The van der Waals surface area contributed by atoms with E-state index in [1.165, 1.54) is 115 Å². The Bertz CT molecular complexity index is 902. The predicted octanol–water partition coefficient (Wildman–Crippen LogP) is 12.6. The number of unbranched alkanes of at least 4 members (excludes halogenated alkanes) is 18. The highest BCUT2D eigenvalue weighted by Gasteiger charge is 2.12. The molecule has 42 heavy (non-hydrogen) atoms. The average molecular weight is 579 g/mol. The van der Waals surface area contributed by atoms with E-state index >= 15 is 0 Å². The number of ether oxygens (including phenoxy) is 2. The lowest BCUT2D eigenvalue weighted by molar-refractivity contribution is -0.148. The van der Waals surface area contributed by atoms with Gasteiger partial charge in [-0.05, 0) is 48.6 Å². The highest BCUT2D eigenvalue weighted by molar-refractivity contribution is 5.70. The third-order valence-corrected chi connectivity index (χ3v) is 8.38. The molecule has 2 aromatic carbocycles. The van der Waals surface area contributed by atoms with Gasteiger partial charge >= 0.3 is 5.97 Å². The fourth-order valence-corrected chi connectivity index (χ4v) is 5.55. The van der Waals surface area contributed by atoms with Crippen LogP contribution in [0.25, 0.3) is 11.1 Å².